The molecule has 4 aromatic rings. The van der Waals surface area contributed by atoms with Crippen LogP contribution in [0.3, 0.4) is 0 Å². The van der Waals surface area contributed by atoms with Crippen LogP contribution in [-0.4, -0.2) is 40.4 Å². The Balaban J connectivity index is 1.55. The first kappa shape index (κ1) is 21.8. The molecule has 2 atom stereocenters. The quantitative estimate of drug-likeness (QED) is 0.252. The number of nitro groups is 1. The molecule has 180 valence electrons. The lowest BCUT2D eigenvalue weighted by molar-refractivity contribution is -0.384. The third-order valence-corrected chi connectivity index (χ3v) is 7.36. The second-order valence-electron chi connectivity index (χ2n) is 9.13. The zero-order valence-electron chi connectivity index (χ0n) is 19.6. The van der Waals surface area contributed by atoms with Crippen molar-refractivity contribution in [3.05, 3.63) is 99.7 Å². The molecule has 1 N–H and O–H groups in total. The van der Waals surface area contributed by atoms with Crippen LogP contribution in [0.2, 0.25) is 0 Å². The van der Waals surface area contributed by atoms with Crippen LogP contribution in [0.25, 0.3) is 10.9 Å². The largest absolute Gasteiger partial charge is 0.496 e. The number of carbonyl (C=O) groups is 2. The maximum atomic E-state index is 14.0. The molecule has 2 aliphatic rings. The summed E-state index contributed by atoms with van der Waals surface area (Å²) in [5, 5.41) is 12.1. The van der Waals surface area contributed by atoms with E-state index >= 15 is 0 Å². The Kier molecular flexibility index (Phi) is 4.66. The van der Waals surface area contributed by atoms with Crippen LogP contribution in [0.15, 0.2) is 72.8 Å². The smallest absolute Gasteiger partial charge is 0.332 e. The molecule has 9 nitrogen and oxygen atoms in total. The minimum Gasteiger partial charge on any atom is -0.496 e. The fraction of sp³-hybridized carbons (Fsp3) is 0.185. The topological polar surface area (TPSA) is 109 Å². The van der Waals surface area contributed by atoms with Crippen molar-refractivity contribution in [3.63, 3.8) is 0 Å². The Morgan fingerprint density at radius 3 is 2.44 bits per heavy atom. The van der Waals surface area contributed by atoms with E-state index in [0.29, 0.717) is 11.4 Å². The van der Waals surface area contributed by atoms with E-state index in [1.807, 2.05) is 48.5 Å². The molecule has 1 saturated heterocycles. The number of rotatable bonds is 4. The number of nitrogens with zero attached hydrogens (tertiary/aromatic N) is 3. The number of amides is 3. The van der Waals surface area contributed by atoms with Crippen molar-refractivity contribution in [1.29, 1.82) is 0 Å². The van der Waals surface area contributed by atoms with Gasteiger partial charge in [0, 0.05) is 41.1 Å². The minimum absolute atomic E-state index is 0.115. The summed E-state index contributed by atoms with van der Waals surface area (Å²) in [7, 11) is 1.61. The monoisotopic (exact) mass is 482 g/mol. The highest BCUT2D eigenvalue weighted by atomic mass is 16.6. The molecule has 0 bridgehead atoms. The van der Waals surface area contributed by atoms with E-state index in [1.54, 1.807) is 18.9 Å². The lowest BCUT2D eigenvalue weighted by atomic mass is 9.78. The number of hydrogen-bond donors (Lipinski definition) is 1. The molecule has 1 aromatic heterocycles. The van der Waals surface area contributed by atoms with Crippen LogP contribution < -0.4 is 9.64 Å². The summed E-state index contributed by atoms with van der Waals surface area (Å²) in [6.07, 6.45) is 0. The number of fused-ring (bicyclic) bond motifs is 5. The molecule has 9 heteroatoms. The van der Waals surface area contributed by atoms with Crippen molar-refractivity contribution in [2.45, 2.75) is 18.4 Å². The molecular formula is C27H22N4O5. The zero-order valence-corrected chi connectivity index (χ0v) is 19.6. The Morgan fingerprint density at radius 1 is 1.03 bits per heavy atom. The number of benzene rings is 3. The van der Waals surface area contributed by atoms with E-state index in [-0.39, 0.29) is 23.8 Å². The maximum absolute atomic E-state index is 14.0. The second-order valence-corrected chi connectivity index (χ2v) is 9.13. The fourth-order valence-corrected chi connectivity index (χ4v) is 5.58. The van der Waals surface area contributed by atoms with Gasteiger partial charge in [-0.3, -0.25) is 14.9 Å². The van der Waals surface area contributed by atoms with Gasteiger partial charge in [0.25, 0.3) is 11.6 Å². The van der Waals surface area contributed by atoms with Crippen molar-refractivity contribution in [2.24, 2.45) is 0 Å². The van der Waals surface area contributed by atoms with E-state index < -0.39 is 22.4 Å². The molecule has 0 saturated carbocycles. The highest BCUT2D eigenvalue weighted by Crippen LogP contribution is 2.51. The number of H-pyrrole nitrogens is 1. The summed E-state index contributed by atoms with van der Waals surface area (Å²) in [6.45, 7) is 2.02. The van der Waals surface area contributed by atoms with E-state index in [9.17, 15) is 19.7 Å². The van der Waals surface area contributed by atoms with E-state index in [4.69, 9.17) is 4.74 Å². The Bertz CT molecular complexity index is 1560. The van der Waals surface area contributed by atoms with E-state index in [0.717, 1.165) is 26.9 Å². The van der Waals surface area contributed by atoms with Crippen LogP contribution in [0.4, 0.5) is 16.2 Å². The van der Waals surface area contributed by atoms with Crippen LogP contribution in [0.5, 0.6) is 5.75 Å². The number of nitrogens with one attached hydrogen (secondary N) is 1. The third-order valence-electron chi connectivity index (χ3n) is 7.36. The van der Waals surface area contributed by atoms with Crippen molar-refractivity contribution in [1.82, 2.24) is 9.88 Å². The first-order valence-corrected chi connectivity index (χ1v) is 11.5. The summed E-state index contributed by atoms with van der Waals surface area (Å²) in [5.41, 5.74) is 2.32. The lowest BCUT2D eigenvalue weighted by Gasteiger charge is -2.40. The number of para-hydroxylation sites is 2. The molecule has 0 unspecified atom stereocenters. The van der Waals surface area contributed by atoms with Crippen molar-refractivity contribution < 1.29 is 19.2 Å². The molecule has 2 aliphatic heterocycles. The molecule has 0 radical (unpaired) electrons. The van der Waals surface area contributed by atoms with Gasteiger partial charge in [0.05, 0.1) is 23.4 Å². The molecule has 3 aromatic carbocycles. The standard InChI is InChI=1S/C27H22N4O5/c1-27-24-23(19-8-3-5-9-21(19)28-24)20(18-7-4-6-10-22(18)36-2)15-29(27)26(33)30(25(27)32)16-11-13-17(14-12-16)31(34)35/h3-14,20,28H,15H2,1-2H3/t20-,27-/m0/s1. The predicted octanol–water partition coefficient (Wildman–Crippen LogP) is 4.91. The van der Waals surface area contributed by atoms with Gasteiger partial charge in [-0.05, 0) is 36.8 Å². The normalized spacial score (nSPS) is 21.0. The summed E-state index contributed by atoms with van der Waals surface area (Å²) in [4.78, 5) is 44.5. The van der Waals surface area contributed by atoms with Gasteiger partial charge in [0.15, 0.2) is 5.54 Å². The van der Waals surface area contributed by atoms with Crippen LogP contribution in [0, 0.1) is 10.1 Å². The van der Waals surface area contributed by atoms with Crippen molar-refractivity contribution >= 4 is 34.2 Å². The van der Waals surface area contributed by atoms with E-state index in [1.165, 1.54) is 24.3 Å². The van der Waals surface area contributed by atoms with Gasteiger partial charge in [0.2, 0.25) is 0 Å². The highest BCUT2D eigenvalue weighted by Gasteiger charge is 2.60. The molecule has 6 rings (SSSR count). The van der Waals surface area contributed by atoms with Gasteiger partial charge in [-0.15, -0.1) is 0 Å². The molecule has 1 fully saturated rings. The third kappa shape index (κ3) is 2.82. The van der Waals surface area contributed by atoms with Gasteiger partial charge < -0.3 is 14.6 Å². The van der Waals surface area contributed by atoms with Crippen LogP contribution in [-0.2, 0) is 10.3 Å². The number of hydrogen-bond acceptors (Lipinski definition) is 5. The number of aromatic nitrogens is 1. The van der Waals surface area contributed by atoms with E-state index in [2.05, 4.69) is 4.98 Å². The molecule has 0 aliphatic carbocycles. The number of urea groups is 1. The zero-order chi connectivity index (χ0) is 25.2. The van der Waals surface area contributed by atoms with Crippen LogP contribution >= 0.6 is 0 Å². The van der Waals surface area contributed by atoms with Crippen molar-refractivity contribution in [3.8, 4) is 5.75 Å². The lowest BCUT2D eigenvalue weighted by Crippen LogP contribution is -2.50. The minimum atomic E-state index is -1.27. The number of methoxy groups -OCH3 is 1. The van der Waals surface area contributed by atoms with Crippen molar-refractivity contribution in [2.75, 3.05) is 18.6 Å². The SMILES string of the molecule is COc1ccccc1[C@@H]1CN2C(=O)N(c3ccc([N+](=O)[O-])cc3)C(=O)[C@]2(C)c2[nH]c3ccccc3c21. The second kappa shape index (κ2) is 7.67. The first-order valence-electron chi connectivity index (χ1n) is 11.5. The average molecular weight is 482 g/mol. The summed E-state index contributed by atoms with van der Waals surface area (Å²) in [6, 6.07) is 20.5. The summed E-state index contributed by atoms with van der Waals surface area (Å²) < 4.78 is 5.66. The molecule has 3 heterocycles. The van der Waals surface area contributed by atoms with Gasteiger partial charge in [0.1, 0.15) is 5.75 Å². The number of anilines is 1. The number of non-ortho nitro benzene ring substituents is 1. The average Bonchev–Trinajstić information content (AvgIpc) is 3.38. The first-order chi connectivity index (χ1) is 17.4. The number of aromatic amines is 1. The molecule has 36 heavy (non-hydrogen) atoms. The Hall–Kier alpha value is -4.66. The Labute approximate surface area is 206 Å². The van der Waals surface area contributed by atoms with Gasteiger partial charge in [-0.2, -0.15) is 0 Å². The predicted molar refractivity (Wildman–Crippen MR) is 133 cm³/mol. The Morgan fingerprint density at radius 2 is 1.72 bits per heavy atom. The molecule has 3 amide bonds. The summed E-state index contributed by atoms with van der Waals surface area (Å²) in [5.74, 6) is 0.0501. The van der Waals surface area contributed by atoms with Gasteiger partial charge in [-0.25, -0.2) is 9.69 Å². The maximum Gasteiger partial charge on any atom is 0.332 e. The number of carbonyl (C=O) groups excluding carboxylic acids is 2. The number of ether oxygens (including phenoxy) is 1. The number of imide groups is 1. The number of nitro benzene ring substituents is 1. The highest BCUT2D eigenvalue weighted by molar-refractivity contribution is 6.23. The van der Waals surface area contributed by atoms with Crippen LogP contribution in [0.1, 0.15) is 29.7 Å². The van der Waals surface area contributed by atoms with Gasteiger partial charge in [-0.1, -0.05) is 36.4 Å². The fourth-order valence-electron chi connectivity index (χ4n) is 5.58. The molecular weight excluding hydrogens is 460 g/mol. The summed E-state index contributed by atoms with van der Waals surface area (Å²) >= 11 is 0. The van der Waals surface area contributed by atoms with Gasteiger partial charge >= 0.3 is 6.03 Å². The molecule has 0 spiro atoms.